The fourth-order valence-electron chi connectivity index (χ4n) is 5.04. The van der Waals surface area contributed by atoms with Crippen LogP contribution in [-0.2, 0) is 16.0 Å². The number of benzene rings is 2. The summed E-state index contributed by atoms with van der Waals surface area (Å²) in [5.41, 5.74) is 3.05. The van der Waals surface area contributed by atoms with Gasteiger partial charge in [-0.2, -0.15) is 0 Å². The van der Waals surface area contributed by atoms with Crippen molar-refractivity contribution in [2.24, 2.45) is 5.92 Å². The third-order valence-electron chi connectivity index (χ3n) is 7.21. The van der Waals surface area contributed by atoms with Crippen LogP contribution in [0.2, 0.25) is 5.02 Å². The van der Waals surface area contributed by atoms with E-state index < -0.39 is 0 Å². The average Bonchev–Trinajstić information content (AvgIpc) is 3.78. The number of hydrogen-bond acceptors (Lipinski definition) is 6. The van der Waals surface area contributed by atoms with Gasteiger partial charge in [0.2, 0.25) is 5.91 Å². The number of Topliss-reactive ketones (excluding diaryl/α,β-unsaturated/α-hetero) is 1. The van der Waals surface area contributed by atoms with Crippen molar-refractivity contribution in [3.63, 3.8) is 0 Å². The van der Waals surface area contributed by atoms with E-state index in [0.717, 1.165) is 57.3 Å². The summed E-state index contributed by atoms with van der Waals surface area (Å²) < 4.78 is 0. The highest BCUT2D eigenvalue weighted by Gasteiger charge is 2.30. The topological polar surface area (TPSA) is 79.3 Å². The van der Waals surface area contributed by atoms with Crippen LogP contribution in [0.3, 0.4) is 0 Å². The molecule has 3 heterocycles. The molecular weight excluding hydrogens is 486 g/mol. The van der Waals surface area contributed by atoms with Crippen LogP contribution < -0.4 is 4.90 Å². The van der Waals surface area contributed by atoms with Crippen LogP contribution in [0.4, 0.5) is 5.82 Å². The smallest absolute Gasteiger partial charge is 0.246 e. The van der Waals surface area contributed by atoms with E-state index in [2.05, 4.69) is 21.4 Å². The molecule has 1 saturated carbocycles. The SMILES string of the molecule is C=CC(=O)N1CCN(c2ncnc3cc(-c4nc(CC(=O)C5CC5)cc5ccccc45)c(Cl)cc23)CC1. The van der Waals surface area contributed by atoms with Crippen molar-refractivity contribution >= 4 is 50.8 Å². The molecular formula is C29H26ClN5O2. The van der Waals surface area contributed by atoms with E-state index in [1.54, 1.807) is 11.2 Å². The number of amides is 1. The Kier molecular flexibility index (Phi) is 6.08. The van der Waals surface area contributed by atoms with Gasteiger partial charge in [-0.3, -0.25) is 14.6 Å². The number of hydrogen-bond donors (Lipinski definition) is 0. The van der Waals surface area contributed by atoms with Gasteiger partial charge in [0.05, 0.1) is 16.2 Å². The molecule has 0 spiro atoms. The van der Waals surface area contributed by atoms with Crippen molar-refractivity contribution in [3.05, 3.63) is 72.2 Å². The van der Waals surface area contributed by atoms with E-state index in [4.69, 9.17) is 16.6 Å². The lowest BCUT2D eigenvalue weighted by molar-refractivity contribution is -0.126. The van der Waals surface area contributed by atoms with Gasteiger partial charge in [0, 0.05) is 60.5 Å². The minimum atomic E-state index is -0.0549. The molecule has 7 nitrogen and oxygen atoms in total. The van der Waals surface area contributed by atoms with Crippen molar-refractivity contribution in [3.8, 4) is 11.3 Å². The third kappa shape index (κ3) is 4.55. The Hall–Kier alpha value is -3.84. The molecule has 0 unspecified atom stereocenters. The Morgan fingerprint density at radius 3 is 2.57 bits per heavy atom. The van der Waals surface area contributed by atoms with Gasteiger partial charge in [0.25, 0.3) is 0 Å². The van der Waals surface area contributed by atoms with Crippen LogP contribution in [0, 0.1) is 5.92 Å². The van der Waals surface area contributed by atoms with Crippen molar-refractivity contribution < 1.29 is 9.59 Å². The normalized spacial score (nSPS) is 15.8. The summed E-state index contributed by atoms with van der Waals surface area (Å²) in [6, 6.07) is 13.9. The molecule has 8 heteroatoms. The van der Waals surface area contributed by atoms with E-state index in [9.17, 15) is 9.59 Å². The van der Waals surface area contributed by atoms with Gasteiger partial charge in [0.1, 0.15) is 17.9 Å². The highest BCUT2D eigenvalue weighted by Crippen LogP contribution is 2.38. The van der Waals surface area contributed by atoms with Gasteiger partial charge < -0.3 is 9.80 Å². The van der Waals surface area contributed by atoms with Crippen LogP contribution in [-0.4, -0.2) is 57.7 Å². The minimum Gasteiger partial charge on any atom is -0.352 e. The van der Waals surface area contributed by atoms with Crippen LogP contribution in [0.1, 0.15) is 18.5 Å². The highest BCUT2D eigenvalue weighted by molar-refractivity contribution is 6.34. The predicted molar refractivity (Wildman–Crippen MR) is 146 cm³/mol. The molecule has 1 saturated heterocycles. The second-order valence-electron chi connectivity index (χ2n) is 9.66. The number of rotatable bonds is 6. The van der Waals surface area contributed by atoms with Crippen molar-refractivity contribution in [1.82, 2.24) is 19.9 Å². The molecule has 0 radical (unpaired) electrons. The van der Waals surface area contributed by atoms with Crippen LogP contribution in [0.25, 0.3) is 32.9 Å². The minimum absolute atomic E-state index is 0.0549. The zero-order valence-electron chi connectivity index (χ0n) is 20.4. The maximum absolute atomic E-state index is 12.5. The summed E-state index contributed by atoms with van der Waals surface area (Å²) in [7, 11) is 0. The molecule has 0 N–H and O–H groups in total. The molecule has 1 aliphatic heterocycles. The average molecular weight is 512 g/mol. The number of anilines is 1. The quantitative estimate of drug-likeness (QED) is 0.344. The number of carbonyl (C=O) groups excluding carboxylic acids is 2. The maximum atomic E-state index is 12.5. The molecule has 2 aromatic heterocycles. The molecule has 0 bridgehead atoms. The number of piperazine rings is 1. The fraction of sp³-hybridized carbons (Fsp3) is 0.276. The molecule has 4 aromatic rings. The van der Waals surface area contributed by atoms with Gasteiger partial charge in [-0.15, -0.1) is 0 Å². The number of ketones is 1. The molecule has 0 atom stereocenters. The Morgan fingerprint density at radius 2 is 1.81 bits per heavy atom. The number of halogens is 1. The highest BCUT2D eigenvalue weighted by atomic mass is 35.5. The van der Waals surface area contributed by atoms with Crippen molar-refractivity contribution in [2.45, 2.75) is 19.3 Å². The second-order valence-corrected chi connectivity index (χ2v) is 10.1. The van der Waals surface area contributed by atoms with E-state index in [0.29, 0.717) is 37.6 Å². The van der Waals surface area contributed by atoms with Gasteiger partial charge in [-0.25, -0.2) is 9.97 Å². The summed E-state index contributed by atoms with van der Waals surface area (Å²) in [4.78, 5) is 42.5. The van der Waals surface area contributed by atoms with Gasteiger partial charge >= 0.3 is 0 Å². The number of nitrogens with zero attached hydrogens (tertiary/aromatic N) is 5. The lowest BCUT2D eigenvalue weighted by Gasteiger charge is -2.35. The zero-order chi connectivity index (χ0) is 25.5. The largest absolute Gasteiger partial charge is 0.352 e. The van der Waals surface area contributed by atoms with Crippen molar-refractivity contribution in [1.29, 1.82) is 0 Å². The van der Waals surface area contributed by atoms with Crippen LogP contribution >= 0.6 is 11.6 Å². The summed E-state index contributed by atoms with van der Waals surface area (Å²) >= 11 is 6.91. The van der Waals surface area contributed by atoms with E-state index in [1.165, 1.54) is 6.08 Å². The molecule has 6 rings (SSSR count). The number of aromatic nitrogens is 3. The lowest BCUT2D eigenvalue weighted by atomic mass is 10.00. The number of pyridine rings is 1. The van der Waals surface area contributed by atoms with E-state index in [-0.39, 0.29) is 17.6 Å². The zero-order valence-corrected chi connectivity index (χ0v) is 21.1. The Bertz CT molecular complexity index is 1560. The van der Waals surface area contributed by atoms with Gasteiger partial charge in [-0.05, 0) is 42.5 Å². The molecule has 37 heavy (non-hydrogen) atoms. The molecule has 186 valence electrons. The summed E-state index contributed by atoms with van der Waals surface area (Å²) in [5.74, 6) is 1.19. The Balaban J connectivity index is 1.39. The fourth-order valence-corrected chi connectivity index (χ4v) is 5.30. The first-order valence-corrected chi connectivity index (χ1v) is 12.9. The first kappa shape index (κ1) is 23.6. The third-order valence-corrected chi connectivity index (χ3v) is 7.52. The molecule has 1 amide bonds. The second kappa shape index (κ2) is 9.56. The lowest BCUT2D eigenvalue weighted by Crippen LogP contribution is -2.48. The molecule has 2 aliphatic rings. The predicted octanol–water partition coefficient (Wildman–Crippen LogP) is 4.85. The molecule has 1 aliphatic carbocycles. The number of fused-ring (bicyclic) bond motifs is 2. The summed E-state index contributed by atoms with van der Waals surface area (Å²) in [6.07, 6.45) is 5.22. The van der Waals surface area contributed by atoms with Gasteiger partial charge in [0.15, 0.2) is 0 Å². The number of carbonyl (C=O) groups is 2. The molecule has 2 aromatic carbocycles. The molecule has 2 fully saturated rings. The van der Waals surface area contributed by atoms with Crippen molar-refractivity contribution in [2.75, 3.05) is 31.1 Å². The van der Waals surface area contributed by atoms with Crippen LogP contribution in [0.15, 0.2) is 61.4 Å². The maximum Gasteiger partial charge on any atom is 0.246 e. The Labute approximate surface area is 219 Å². The van der Waals surface area contributed by atoms with Crippen LogP contribution in [0.5, 0.6) is 0 Å². The van der Waals surface area contributed by atoms with Gasteiger partial charge in [-0.1, -0.05) is 42.4 Å². The summed E-state index contributed by atoms with van der Waals surface area (Å²) in [5, 5.41) is 3.40. The first-order chi connectivity index (χ1) is 18.0. The van der Waals surface area contributed by atoms with E-state index >= 15 is 0 Å². The first-order valence-electron chi connectivity index (χ1n) is 12.5. The Morgan fingerprint density at radius 1 is 1.03 bits per heavy atom. The summed E-state index contributed by atoms with van der Waals surface area (Å²) in [6.45, 7) is 6.11. The monoisotopic (exact) mass is 511 g/mol. The standard InChI is InChI=1S/C29H26ClN5O2/c1-2-27(37)34-9-11-35(12-10-34)29-23-15-24(30)22(16-25(23)31-17-32-29)28-21-6-4-3-5-19(21)13-20(33-28)14-26(36)18-7-8-18/h2-6,13,15-18H,1,7-12,14H2. The van der Waals surface area contributed by atoms with E-state index in [1.807, 2.05) is 42.5 Å².